The molecule has 3 aliphatic rings. The van der Waals surface area contributed by atoms with E-state index in [0.29, 0.717) is 13.2 Å². The van der Waals surface area contributed by atoms with Crippen molar-refractivity contribution in [3.05, 3.63) is 0 Å². The Bertz CT molecular complexity index is 518. The summed E-state index contributed by atoms with van der Waals surface area (Å²) in [4.78, 5) is 34.9. The predicted octanol–water partition coefficient (Wildman–Crippen LogP) is 0.447. The molecule has 2 fully saturated rings. The third-order valence-electron chi connectivity index (χ3n) is 4.89. The molecule has 8 heteroatoms. The van der Waals surface area contributed by atoms with Gasteiger partial charge in [0, 0.05) is 26.7 Å². The number of nitrogens with one attached hydrogen (secondary N) is 1. The van der Waals surface area contributed by atoms with Crippen molar-refractivity contribution in [1.82, 2.24) is 20.0 Å². The maximum Gasteiger partial charge on any atom is 0.325 e. The van der Waals surface area contributed by atoms with E-state index in [2.05, 4.69) is 22.0 Å². The van der Waals surface area contributed by atoms with Crippen molar-refractivity contribution in [3.8, 4) is 0 Å². The van der Waals surface area contributed by atoms with Crippen LogP contribution in [0.4, 0.5) is 4.79 Å². The Morgan fingerprint density at radius 1 is 1.21 bits per heavy atom. The zero-order chi connectivity index (χ0) is 17.1. The third kappa shape index (κ3) is 3.19. The first kappa shape index (κ1) is 17.0. The van der Waals surface area contributed by atoms with Gasteiger partial charge in [0.15, 0.2) is 18.2 Å². The second-order valence-corrected chi connectivity index (χ2v) is 6.55. The number of imide groups is 1. The molecule has 3 heterocycles. The number of carbonyl (C=O) groups excluding carboxylic acids is 2. The van der Waals surface area contributed by atoms with Gasteiger partial charge in [-0.15, -0.1) is 0 Å². The summed E-state index contributed by atoms with van der Waals surface area (Å²) in [6.07, 6.45) is 4.09. The van der Waals surface area contributed by atoms with Crippen LogP contribution in [0.2, 0.25) is 0 Å². The molecule has 0 radical (unpaired) electrons. The van der Waals surface area contributed by atoms with E-state index in [0.717, 1.165) is 38.4 Å². The zero-order valence-corrected chi connectivity index (χ0v) is 14.5. The number of ether oxygens (including phenoxy) is 1. The summed E-state index contributed by atoms with van der Waals surface area (Å²) < 4.78 is 5.43. The van der Waals surface area contributed by atoms with Gasteiger partial charge >= 0.3 is 6.03 Å². The normalized spacial score (nSPS) is 27.2. The summed E-state index contributed by atoms with van der Waals surface area (Å²) >= 11 is 0. The quantitative estimate of drug-likeness (QED) is 0.737. The molecule has 0 aromatic carbocycles. The van der Waals surface area contributed by atoms with E-state index in [4.69, 9.17) is 9.73 Å². The van der Waals surface area contributed by atoms with Crippen LogP contribution in [0.1, 0.15) is 32.6 Å². The van der Waals surface area contributed by atoms with Gasteiger partial charge in [-0.2, -0.15) is 0 Å². The minimum absolute atomic E-state index is 0.245. The lowest BCUT2D eigenvalue weighted by Gasteiger charge is -2.38. The fourth-order valence-electron chi connectivity index (χ4n) is 3.49. The number of rotatable bonds is 5. The summed E-state index contributed by atoms with van der Waals surface area (Å²) in [5.74, 6) is 0.590. The molecule has 0 saturated carbocycles. The SMILES string of the molecule is CCCCCCN1C(N2CCOCC2)=NC2C1C(=O)NC(=O)N2C. The van der Waals surface area contributed by atoms with Gasteiger partial charge in [0.2, 0.25) is 0 Å². The van der Waals surface area contributed by atoms with Gasteiger partial charge in [-0.25, -0.2) is 9.79 Å². The van der Waals surface area contributed by atoms with Crippen molar-refractivity contribution in [2.75, 3.05) is 39.9 Å². The van der Waals surface area contributed by atoms with Gasteiger partial charge in [-0.05, 0) is 6.42 Å². The van der Waals surface area contributed by atoms with Crippen LogP contribution in [0.5, 0.6) is 0 Å². The second-order valence-electron chi connectivity index (χ2n) is 6.55. The van der Waals surface area contributed by atoms with Gasteiger partial charge in [0.1, 0.15) is 0 Å². The number of hydrogen-bond donors (Lipinski definition) is 1. The number of urea groups is 1. The highest BCUT2D eigenvalue weighted by Crippen LogP contribution is 2.26. The number of fused-ring (bicyclic) bond motifs is 1. The fourth-order valence-corrected chi connectivity index (χ4v) is 3.49. The minimum atomic E-state index is -0.435. The third-order valence-corrected chi connectivity index (χ3v) is 4.89. The monoisotopic (exact) mass is 337 g/mol. The highest BCUT2D eigenvalue weighted by Gasteiger charge is 2.49. The molecule has 2 atom stereocenters. The molecule has 2 unspecified atom stereocenters. The number of carbonyl (C=O) groups is 2. The van der Waals surface area contributed by atoms with Gasteiger partial charge < -0.3 is 19.4 Å². The van der Waals surface area contributed by atoms with Crippen molar-refractivity contribution in [3.63, 3.8) is 0 Å². The zero-order valence-electron chi connectivity index (χ0n) is 14.5. The van der Waals surface area contributed by atoms with Crippen LogP contribution in [0.3, 0.4) is 0 Å². The Kier molecular flexibility index (Phi) is 5.23. The molecule has 3 amide bonds. The van der Waals surface area contributed by atoms with E-state index in [1.807, 2.05) is 0 Å². The number of likely N-dealkylation sites (N-methyl/N-ethyl adjacent to an activating group) is 1. The average molecular weight is 337 g/mol. The molecule has 0 aliphatic carbocycles. The first-order valence-corrected chi connectivity index (χ1v) is 8.88. The lowest BCUT2D eigenvalue weighted by molar-refractivity contribution is -0.127. The van der Waals surface area contributed by atoms with E-state index < -0.39 is 12.2 Å². The molecule has 134 valence electrons. The van der Waals surface area contributed by atoms with Crippen molar-refractivity contribution < 1.29 is 14.3 Å². The Hall–Kier alpha value is -1.83. The van der Waals surface area contributed by atoms with E-state index >= 15 is 0 Å². The van der Waals surface area contributed by atoms with Crippen LogP contribution in [0.15, 0.2) is 4.99 Å². The van der Waals surface area contributed by atoms with Crippen LogP contribution in [0, 0.1) is 0 Å². The topological polar surface area (TPSA) is 77.5 Å². The van der Waals surface area contributed by atoms with Gasteiger partial charge in [-0.3, -0.25) is 10.1 Å². The van der Waals surface area contributed by atoms with Crippen LogP contribution < -0.4 is 5.32 Å². The number of hydrogen-bond acceptors (Lipinski definition) is 6. The maximum absolute atomic E-state index is 12.4. The highest BCUT2D eigenvalue weighted by atomic mass is 16.5. The number of amides is 3. The Morgan fingerprint density at radius 3 is 2.67 bits per heavy atom. The standard InChI is InChI=1S/C16H27N5O3/c1-3-4-5-6-7-21-12-13(19(2)16(23)18-14(12)22)17-15(21)20-8-10-24-11-9-20/h12-13H,3-11H2,1-2H3,(H,18,22,23). The van der Waals surface area contributed by atoms with E-state index in [-0.39, 0.29) is 11.9 Å². The summed E-state index contributed by atoms with van der Waals surface area (Å²) in [5, 5.41) is 2.45. The van der Waals surface area contributed by atoms with E-state index in [9.17, 15) is 9.59 Å². The number of nitrogens with zero attached hydrogens (tertiary/aromatic N) is 4. The number of guanidine groups is 1. The van der Waals surface area contributed by atoms with Crippen molar-refractivity contribution >= 4 is 17.9 Å². The average Bonchev–Trinajstić information content (AvgIpc) is 2.98. The molecule has 24 heavy (non-hydrogen) atoms. The van der Waals surface area contributed by atoms with Gasteiger partial charge in [0.25, 0.3) is 5.91 Å². The molecular formula is C16H27N5O3. The largest absolute Gasteiger partial charge is 0.378 e. The lowest BCUT2D eigenvalue weighted by Crippen LogP contribution is -2.64. The number of aliphatic imine (C=N–C) groups is 1. The van der Waals surface area contributed by atoms with Crippen LogP contribution in [-0.2, 0) is 9.53 Å². The first-order valence-electron chi connectivity index (χ1n) is 8.88. The highest BCUT2D eigenvalue weighted by molar-refractivity contribution is 6.03. The van der Waals surface area contributed by atoms with Crippen molar-refractivity contribution in [1.29, 1.82) is 0 Å². The van der Waals surface area contributed by atoms with E-state index in [1.54, 1.807) is 7.05 Å². The smallest absolute Gasteiger partial charge is 0.325 e. The van der Waals surface area contributed by atoms with Crippen LogP contribution in [0.25, 0.3) is 0 Å². The molecule has 0 aromatic heterocycles. The molecule has 2 saturated heterocycles. The Morgan fingerprint density at radius 2 is 1.96 bits per heavy atom. The van der Waals surface area contributed by atoms with Crippen LogP contribution in [-0.4, -0.2) is 84.7 Å². The summed E-state index contributed by atoms with van der Waals surface area (Å²) in [6, 6.07) is -0.800. The molecule has 0 aromatic rings. The second kappa shape index (κ2) is 7.38. The predicted molar refractivity (Wildman–Crippen MR) is 89.6 cm³/mol. The van der Waals surface area contributed by atoms with E-state index in [1.165, 1.54) is 17.7 Å². The summed E-state index contributed by atoms with van der Waals surface area (Å²) in [6.45, 7) is 5.83. The maximum atomic E-state index is 12.4. The van der Waals surface area contributed by atoms with Crippen molar-refractivity contribution in [2.45, 2.75) is 44.8 Å². The first-order chi connectivity index (χ1) is 11.6. The van der Waals surface area contributed by atoms with Crippen LogP contribution >= 0.6 is 0 Å². The molecule has 3 aliphatic heterocycles. The summed E-state index contributed by atoms with van der Waals surface area (Å²) in [5.41, 5.74) is 0. The van der Waals surface area contributed by atoms with Gasteiger partial charge in [0.05, 0.1) is 13.2 Å². The lowest BCUT2D eigenvalue weighted by atomic mass is 10.1. The summed E-state index contributed by atoms with van der Waals surface area (Å²) in [7, 11) is 1.69. The minimum Gasteiger partial charge on any atom is -0.378 e. The molecular weight excluding hydrogens is 310 g/mol. The molecule has 0 spiro atoms. The Balaban J connectivity index is 1.79. The fraction of sp³-hybridized carbons (Fsp3) is 0.812. The molecule has 3 rings (SSSR count). The molecule has 0 bridgehead atoms. The number of unbranched alkanes of at least 4 members (excludes halogenated alkanes) is 3. The van der Waals surface area contributed by atoms with Crippen molar-refractivity contribution in [2.24, 2.45) is 4.99 Å². The van der Waals surface area contributed by atoms with Gasteiger partial charge in [-0.1, -0.05) is 26.2 Å². The Labute approximate surface area is 142 Å². The molecule has 8 nitrogen and oxygen atoms in total. The number of morpholine rings is 1. The molecule has 1 N–H and O–H groups in total.